The van der Waals surface area contributed by atoms with Crippen molar-refractivity contribution in [3.8, 4) is 16.9 Å². The van der Waals surface area contributed by atoms with E-state index in [1.807, 2.05) is 46.8 Å². The second-order valence-corrected chi connectivity index (χ2v) is 14.5. The number of rotatable bonds is 9. The summed E-state index contributed by atoms with van der Waals surface area (Å²) in [4.78, 5) is 22.3. The number of anilines is 1. The topological polar surface area (TPSA) is 75.1 Å². The summed E-state index contributed by atoms with van der Waals surface area (Å²) in [6, 6.07) is 13.4. The molecule has 0 aliphatic carbocycles. The summed E-state index contributed by atoms with van der Waals surface area (Å²) in [6.07, 6.45) is 1.62. The van der Waals surface area contributed by atoms with Gasteiger partial charge in [-0.2, -0.15) is 8.78 Å². The average Bonchev–Trinajstić information content (AvgIpc) is 2.96. The van der Waals surface area contributed by atoms with Gasteiger partial charge in [-0.3, -0.25) is 9.88 Å². The van der Waals surface area contributed by atoms with Crippen LogP contribution in [0, 0.1) is 19.3 Å². The van der Waals surface area contributed by atoms with Gasteiger partial charge in [0.05, 0.1) is 11.3 Å². The fourth-order valence-electron chi connectivity index (χ4n) is 6.74. The van der Waals surface area contributed by atoms with E-state index in [0.717, 1.165) is 67.0 Å². The molecule has 2 aliphatic heterocycles. The van der Waals surface area contributed by atoms with Crippen LogP contribution in [0.25, 0.3) is 11.1 Å². The van der Waals surface area contributed by atoms with Crippen molar-refractivity contribution >= 4 is 11.7 Å². The molecular formula is C37H47F2N3O4. The average molecular weight is 636 g/mol. The molecule has 1 aromatic heterocycles. The highest BCUT2D eigenvalue weighted by Gasteiger charge is 2.36. The van der Waals surface area contributed by atoms with Gasteiger partial charge in [-0.05, 0) is 82.1 Å². The standard InChI is InChI=1S/C37H47F2N3O4/c1-23-30(26-12-13-27-21-41(17-14-25(27)20-26)22-28-10-8-9-11-29(28)45-35(38)39)32(42-18-15-37(6,7)16-19-42)31(24(2)40-23)33(34(43)44)46-36(3,4)5/h8-13,20,33,35H,14-19,21-22H2,1-7H3,(H,43,44)/t33-/m0/s1. The first kappa shape index (κ1) is 33.8. The van der Waals surface area contributed by atoms with Crippen molar-refractivity contribution in [3.63, 3.8) is 0 Å². The van der Waals surface area contributed by atoms with Crippen molar-refractivity contribution in [2.75, 3.05) is 24.5 Å². The Labute approximate surface area is 271 Å². The molecule has 248 valence electrons. The van der Waals surface area contributed by atoms with Crippen LogP contribution < -0.4 is 9.64 Å². The number of aliphatic carboxylic acids is 1. The summed E-state index contributed by atoms with van der Waals surface area (Å²) in [6.45, 7) is 14.8. The fourth-order valence-corrected chi connectivity index (χ4v) is 6.74. The molecule has 0 spiro atoms. The summed E-state index contributed by atoms with van der Waals surface area (Å²) in [5.41, 5.74) is 7.69. The zero-order chi connectivity index (χ0) is 33.4. The van der Waals surface area contributed by atoms with E-state index in [2.05, 4.69) is 41.8 Å². The number of piperidine rings is 1. The molecule has 7 nitrogen and oxygen atoms in total. The van der Waals surface area contributed by atoms with Crippen LogP contribution in [0.15, 0.2) is 42.5 Å². The van der Waals surface area contributed by atoms with Crippen LogP contribution in [-0.2, 0) is 29.0 Å². The number of aromatic nitrogens is 1. The molecule has 1 atom stereocenters. The summed E-state index contributed by atoms with van der Waals surface area (Å²) in [5.74, 6) is -0.820. The molecule has 5 rings (SSSR count). The minimum atomic E-state index is -2.87. The van der Waals surface area contributed by atoms with Crippen molar-refractivity contribution in [1.29, 1.82) is 0 Å². The molecule has 0 bridgehead atoms. The highest BCUT2D eigenvalue weighted by Crippen LogP contribution is 2.45. The number of pyridine rings is 1. The van der Waals surface area contributed by atoms with Crippen LogP contribution in [0.3, 0.4) is 0 Å². The number of hydrogen-bond acceptors (Lipinski definition) is 6. The number of alkyl halides is 2. The van der Waals surface area contributed by atoms with Gasteiger partial charge in [0.25, 0.3) is 0 Å². The Hall–Kier alpha value is -3.56. The Bertz CT molecular complexity index is 1570. The smallest absolute Gasteiger partial charge is 0.387 e. The van der Waals surface area contributed by atoms with Crippen molar-refractivity contribution in [2.24, 2.45) is 5.41 Å². The number of fused-ring (bicyclic) bond motifs is 1. The minimum absolute atomic E-state index is 0.209. The molecule has 0 unspecified atom stereocenters. The van der Waals surface area contributed by atoms with E-state index in [0.29, 0.717) is 24.3 Å². The number of nitrogens with zero attached hydrogens (tertiary/aromatic N) is 3. The van der Waals surface area contributed by atoms with Crippen LogP contribution in [0.4, 0.5) is 14.5 Å². The summed E-state index contributed by atoms with van der Waals surface area (Å²) in [5, 5.41) is 10.5. The normalized spacial score (nSPS) is 17.6. The van der Waals surface area contributed by atoms with Crippen molar-refractivity contribution in [1.82, 2.24) is 9.88 Å². The van der Waals surface area contributed by atoms with E-state index in [1.165, 1.54) is 11.1 Å². The van der Waals surface area contributed by atoms with Crippen molar-refractivity contribution < 1.29 is 28.2 Å². The van der Waals surface area contributed by atoms with Gasteiger partial charge in [0.2, 0.25) is 0 Å². The number of carboxylic acids is 1. The highest BCUT2D eigenvalue weighted by atomic mass is 19.3. The van der Waals surface area contributed by atoms with Gasteiger partial charge < -0.3 is 19.5 Å². The van der Waals surface area contributed by atoms with E-state index in [4.69, 9.17) is 14.5 Å². The molecule has 9 heteroatoms. The molecule has 0 amide bonds. The van der Waals surface area contributed by atoms with Gasteiger partial charge in [-0.25, -0.2) is 4.79 Å². The molecule has 2 aromatic carbocycles. The quantitative estimate of drug-likeness (QED) is 0.255. The van der Waals surface area contributed by atoms with Gasteiger partial charge >= 0.3 is 12.6 Å². The predicted octanol–water partition coefficient (Wildman–Crippen LogP) is 8.09. The fraction of sp³-hybridized carbons (Fsp3) is 0.514. The number of aryl methyl sites for hydroxylation is 2. The lowest BCUT2D eigenvalue weighted by Crippen LogP contribution is -2.39. The number of ether oxygens (including phenoxy) is 2. The lowest BCUT2D eigenvalue weighted by atomic mass is 9.81. The zero-order valence-corrected chi connectivity index (χ0v) is 28.1. The Morgan fingerprint density at radius 2 is 1.72 bits per heavy atom. The Balaban J connectivity index is 1.54. The number of carbonyl (C=O) groups is 1. The Kier molecular flexibility index (Phi) is 9.76. The summed E-state index contributed by atoms with van der Waals surface area (Å²) < 4.78 is 37.0. The van der Waals surface area contributed by atoms with Crippen LogP contribution in [0.5, 0.6) is 5.75 Å². The third kappa shape index (κ3) is 7.69. The summed E-state index contributed by atoms with van der Waals surface area (Å²) >= 11 is 0. The van der Waals surface area contributed by atoms with Crippen LogP contribution in [0.2, 0.25) is 0 Å². The van der Waals surface area contributed by atoms with Gasteiger partial charge in [0.15, 0.2) is 6.10 Å². The number of halogens is 2. The SMILES string of the molecule is Cc1nc(C)c([C@H](OC(C)(C)C)C(=O)O)c(N2CCC(C)(C)CC2)c1-c1ccc2c(c1)CCN(Cc1ccccc1OC(F)F)C2. The lowest BCUT2D eigenvalue weighted by molar-refractivity contribution is -0.160. The van der Waals surface area contributed by atoms with Gasteiger partial charge in [0.1, 0.15) is 5.75 Å². The number of benzene rings is 2. The second-order valence-electron chi connectivity index (χ2n) is 14.5. The molecule has 3 aromatic rings. The Morgan fingerprint density at radius 3 is 2.37 bits per heavy atom. The van der Waals surface area contributed by atoms with E-state index in [-0.39, 0.29) is 11.2 Å². The molecule has 0 saturated carbocycles. The molecule has 0 radical (unpaired) electrons. The first-order valence-electron chi connectivity index (χ1n) is 16.2. The molecule has 1 saturated heterocycles. The monoisotopic (exact) mass is 635 g/mol. The summed E-state index contributed by atoms with van der Waals surface area (Å²) in [7, 11) is 0. The number of para-hydroxylation sites is 1. The maximum absolute atomic E-state index is 13.0. The largest absolute Gasteiger partial charge is 0.479 e. The highest BCUT2D eigenvalue weighted by molar-refractivity contribution is 5.88. The second kappa shape index (κ2) is 13.3. The van der Waals surface area contributed by atoms with Crippen LogP contribution in [-0.4, -0.2) is 52.8 Å². The molecule has 46 heavy (non-hydrogen) atoms. The third-order valence-corrected chi connectivity index (χ3v) is 9.14. The predicted molar refractivity (Wildman–Crippen MR) is 176 cm³/mol. The van der Waals surface area contributed by atoms with Crippen LogP contribution >= 0.6 is 0 Å². The van der Waals surface area contributed by atoms with Crippen molar-refractivity contribution in [2.45, 2.75) is 99.1 Å². The number of hydrogen-bond donors (Lipinski definition) is 1. The van der Waals surface area contributed by atoms with Gasteiger partial charge in [-0.15, -0.1) is 0 Å². The van der Waals surface area contributed by atoms with Gasteiger partial charge in [0, 0.05) is 60.8 Å². The molecule has 2 aliphatic rings. The molecule has 1 fully saturated rings. The van der Waals surface area contributed by atoms with Crippen LogP contribution in [0.1, 0.15) is 87.2 Å². The number of carboxylic acid groups (broad SMARTS) is 1. The van der Waals surface area contributed by atoms with E-state index < -0.39 is 24.3 Å². The Morgan fingerprint density at radius 1 is 1.02 bits per heavy atom. The minimum Gasteiger partial charge on any atom is -0.479 e. The van der Waals surface area contributed by atoms with Gasteiger partial charge in [-0.1, -0.05) is 50.2 Å². The third-order valence-electron chi connectivity index (χ3n) is 9.14. The molecule has 3 heterocycles. The zero-order valence-electron chi connectivity index (χ0n) is 28.1. The first-order valence-corrected chi connectivity index (χ1v) is 16.2. The molecule has 1 N–H and O–H groups in total. The maximum Gasteiger partial charge on any atom is 0.387 e. The van der Waals surface area contributed by atoms with Crippen molar-refractivity contribution in [3.05, 3.63) is 76.1 Å². The first-order chi connectivity index (χ1) is 21.6. The van der Waals surface area contributed by atoms with E-state index >= 15 is 0 Å². The van der Waals surface area contributed by atoms with E-state index in [9.17, 15) is 18.7 Å². The maximum atomic E-state index is 13.0. The lowest BCUT2D eigenvalue weighted by Gasteiger charge is -2.41. The molecular weight excluding hydrogens is 588 g/mol. The van der Waals surface area contributed by atoms with E-state index in [1.54, 1.807) is 12.1 Å².